The molecule has 0 aromatic carbocycles. The van der Waals surface area contributed by atoms with Gasteiger partial charge in [0.25, 0.3) is 0 Å². The van der Waals surface area contributed by atoms with Crippen molar-refractivity contribution in [1.29, 1.82) is 0 Å². The number of nitrogens with one attached hydrogen (secondary N) is 2. The van der Waals surface area contributed by atoms with Gasteiger partial charge < -0.3 is 15.4 Å². The van der Waals surface area contributed by atoms with E-state index in [9.17, 15) is 4.79 Å². The smallest absolute Gasteiger partial charge is 0.240 e. The third-order valence-corrected chi connectivity index (χ3v) is 3.62. The van der Waals surface area contributed by atoms with Gasteiger partial charge in [0.05, 0.1) is 19.3 Å². The number of amides is 1. The first kappa shape index (κ1) is 11.6. The van der Waals surface area contributed by atoms with Gasteiger partial charge >= 0.3 is 0 Å². The van der Waals surface area contributed by atoms with Crippen LogP contribution in [0.3, 0.4) is 0 Å². The molecule has 2 N–H and O–H groups in total. The van der Waals surface area contributed by atoms with Gasteiger partial charge in [-0.2, -0.15) is 0 Å². The van der Waals surface area contributed by atoms with E-state index < -0.39 is 0 Å². The number of morpholine rings is 1. The van der Waals surface area contributed by atoms with Crippen molar-refractivity contribution in [3.63, 3.8) is 0 Å². The van der Waals surface area contributed by atoms with E-state index in [1.54, 1.807) is 11.3 Å². The monoisotopic (exact) mass is 240 g/mol. The lowest BCUT2D eigenvalue weighted by molar-refractivity contribution is -0.126. The zero-order chi connectivity index (χ0) is 11.4. The van der Waals surface area contributed by atoms with E-state index in [0.29, 0.717) is 13.2 Å². The molecule has 1 aliphatic rings. The van der Waals surface area contributed by atoms with E-state index in [4.69, 9.17) is 4.74 Å². The number of ether oxygens (including phenoxy) is 1. The van der Waals surface area contributed by atoms with Gasteiger partial charge in [-0.05, 0) is 18.4 Å². The Morgan fingerprint density at radius 3 is 3.25 bits per heavy atom. The van der Waals surface area contributed by atoms with Crippen molar-refractivity contribution < 1.29 is 9.53 Å². The van der Waals surface area contributed by atoms with E-state index in [2.05, 4.69) is 10.6 Å². The van der Waals surface area contributed by atoms with E-state index in [0.717, 1.165) is 6.54 Å². The third kappa shape index (κ3) is 2.81. The molecule has 0 saturated carbocycles. The average Bonchev–Trinajstić information content (AvgIpc) is 2.83. The number of hydrogen-bond acceptors (Lipinski definition) is 4. The lowest BCUT2D eigenvalue weighted by Crippen LogP contribution is -2.51. The van der Waals surface area contributed by atoms with Crippen molar-refractivity contribution in [2.24, 2.45) is 0 Å². The molecule has 0 radical (unpaired) electrons. The van der Waals surface area contributed by atoms with Gasteiger partial charge in [0.2, 0.25) is 5.91 Å². The van der Waals surface area contributed by atoms with Gasteiger partial charge in [0, 0.05) is 11.4 Å². The fourth-order valence-corrected chi connectivity index (χ4v) is 2.39. The lowest BCUT2D eigenvalue weighted by Gasteiger charge is -2.24. The van der Waals surface area contributed by atoms with Crippen molar-refractivity contribution in [3.8, 4) is 0 Å². The van der Waals surface area contributed by atoms with Crippen LogP contribution >= 0.6 is 11.3 Å². The Morgan fingerprint density at radius 2 is 2.62 bits per heavy atom. The topological polar surface area (TPSA) is 50.4 Å². The van der Waals surface area contributed by atoms with Crippen LogP contribution in [0.4, 0.5) is 0 Å². The average molecular weight is 240 g/mol. The Morgan fingerprint density at radius 1 is 1.75 bits per heavy atom. The molecule has 5 heteroatoms. The predicted octanol–water partition coefficient (Wildman–Crippen LogP) is 0.914. The molecule has 1 amide bonds. The highest BCUT2D eigenvalue weighted by molar-refractivity contribution is 7.10. The Kier molecular flexibility index (Phi) is 3.93. The van der Waals surface area contributed by atoms with E-state index in [-0.39, 0.29) is 18.0 Å². The van der Waals surface area contributed by atoms with Gasteiger partial charge in [-0.3, -0.25) is 4.79 Å². The zero-order valence-corrected chi connectivity index (χ0v) is 10.0. The first-order valence-corrected chi connectivity index (χ1v) is 6.30. The molecule has 1 fully saturated rings. The van der Waals surface area contributed by atoms with Crippen molar-refractivity contribution in [1.82, 2.24) is 10.6 Å². The molecular formula is C11H16N2O2S. The summed E-state index contributed by atoms with van der Waals surface area (Å²) < 4.78 is 5.25. The van der Waals surface area contributed by atoms with Gasteiger partial charge in [0.1, 0.15) is 6.04 Å². The molecule has 0 aliphatic carbocycles. The number of carbonyl (C=O) groups excluding carboxylic acids is 1. The summed E-state index contributed by atoms with van der Waals surface area (Å²) in [5.74, 6) is 0.0144. The third-order valence-electron chi connectivity index (χ3n) is 2.57. The molecule has 2 unspecified atom stereocenters. The fourth-order valence-electron chi connectivity index (χ4n) is 1.66. The highest BCUT2D eigenvalue weighted by Crippen LogP contribution is 2.18. The van der Waals surface area contributed by atoms with Crippen LogP contribution in [0.5, 0.6) is 0 Å². The minimum absolute atomic E-state index is 0.0144. The molecule has 0 bridgehead atoms. The minimum atomic E-state index is -0.212. The zero-order valence-electron chi connectivity index (χ0n) is 9.23. The molecule has 1 aromatic rings. The Balaban J connectivity index is 1.86. The summed E-state index contributed by atoms with van der Waals surface area (Å²) in [7, 11) is 0. The van der Waals surface area contributed by atoms with Crippen molar-refractivity contribution >= 4 is 17.2 Å². The summed E-state index contributed by atoms with van der Waals surface area (Å²) in [5.41, 5.74) is 0. The van der Waals surface area contributed by atoms with Crippen LogP contribution in [0, 0.1) is 0 Å². The normalized spacial score (nSPS) is 22.7. The summed E-state index contributed by atoms with van der Waals surface area (Å²) in [6, 6.07) is 3.87. The number of hydrogen-bond donors (Lipinski definition) is 2. The van der Waals surface area contributed by atoms with Crippen molar-refractivity contribution in [3.05, 3.63) is 22.4 Å². The van der Waals surface area contributed by atoms with Crippen LogP contribution in [0.1, 0.15) is 17.8 Å². The SMILES string of the molecule is CC(NC(=O)C1COCCN1)c1cccs1. The van der Waals surface area contributed by atoms with Gasteiger partial charge in [0.15, 0.2) is 0 Å². The number of rotatable bonds is 3. The van der Waals surface area contributed by atoms with Crippen molar-refractivity contribution in [2.45, 2.75) is 19.0 Å². The largest absolute Gasteiger partial charge is 0.378 e. The Bertz CT molecular complexity index is 334. The van der Waals surface area contributed by atoms with Crippen molar-refractivity contribution in [2.75, 3.05) is 19.8 Å². The standard InChI is InChI=1S/C11H16N2O2S/c1-8(10-3-2-6-16-10)13-11(14)9-7-15-5-4-12-9/h2-3,6,8-9,12H,4-5,7H2,1H3,(H,13,14). The summed E-state index contributed by atoms with van der Waals surface area (Å²) in [6.45, 7) is 3.88. The minimum Gasteiger partial charge on any atom is -0.378 e. The van der Waals surface area contributed by atoms with Crippen LogP contribution in [0.2, 0.25) is 0 Å². The lowest BCUT2D eigenvalue weighted by atomic mass is 10.2. The Labute approximate surface area is 99.0 Å². The molecular weight excluding hydrogens is 224 g/mol. The molecule has 0 spiro atoms. The molecule has 88 valence electrons. The van der Waals surface area contributed by atoms with Crippen LogP contribution in [0.25, 0.3) is 0 Å². The highest BCUT2D eigenvalue weighted by atomic mass is 32.1. The molecule has 1 aliphatic heterocycles. The summed E-state index contributed by atoms with van der Waals surface area (Å²) in [4.78, 5) is 13.0. The van der Waals surface area contributed by atoms with E-state index in [1.165, 1.54) is 4.88 Å². The van der Waals surface area contributed by atoms with Gasteiger partial charge in [-0.25, -0.2) is 0 Å². The predicted molar refractivity (Wildman–Crippen MR) is 63.5 cm³/mol. The summed E-state index contributed by atoms with van der Waals surface area (Å²) in [5, 5.41) is 8.13. The number of thiophene rings is 1. The summed E-state index contributed by atoms with van der Waals surface area (Å²) >= 11 is 1.65. The van der Waals surface area contributed by atoms with Gasteiger partial charge in [-0.15, -0.1) is 11.3 Å². The molecule has 2 atom stereocenters. The highest BCUT2D eigenvalue weighted by Gasteiger charge is 2.22. The first-order valence-electron chi connectivity index (χ1n) is 5.42. The molecule has 16 heavy (non-hydrogen) atoms. The van der Waals surface area contributed by atoms with E-state index in [1.807, 2.05) is 24.4 Å². The van der Waals surface area contributed by atoms with Gasteiger partial charge in [-0.1, -0.05) is 6.07 Å². The molecule has 1 aromatic heterocycles. The second-order valence-corrected chi connectivity index (χ2v) is 4.81. The van der Waals surface area contributed by atoms with Crippen LogP contribution in [0.15, 0.2) is 17.5 Å². The molecule has 2 heterocycles. The summed E-state index contributed by atoms with van der Waals surface area (Å²) in [6.07, 6.45) is 0. The fraction of sp³-hybridized carbons (Fsp3) is 0.545. The maximum atomic E-state index is 11.9. The molecule has 1 saturated heterocycles. The van der Waals surface area contributed by atoms with E-state index >= 15 is 0 Å². The maximum absolute atomic E-state index is 11.9. The second kappa shape index (κ2) is 5.43. The Hall–Kier alpha value is -0.910. The first-order chi connectivity index (χ1) is 7.77. The van der Waals surface area contributed by atoms with Crippen LogP contribution in [-0.4, -0.2) is 31.7 Å². The molecule has 2 rings (SSSR count). The second-order valence-electron chi connectivity index (χ2n) is 3.83. The quantitative estimate of drug-likeness (QED) is 0.826. The number of carbonyl (C=O) groups is 1. The van der Waals surface area contributed by atoms with Crippen LogP contribution in [-0.2, 0) is 9.53 Å². The maximum Gasteiger partial charge on any atom is 0.240 e. The van der Waals surface area contributed by atoms with Crippen LogP contribution < -0.4 is 10.6 Å². The molecule has 4 nitrogen and oxygen atoms in total.